The lowest BCUT2D eigenvalue weighted by atomic mass is 10.1. The van der Waals surface area contributed by atoms with E-state index in [9.17, 15) is 27.2 Å². The van der Waals surface area contributed by atoms with Gasteiger partial charge >= 0.3 is 11.7 Å². The molecular formula is C23H18FN5O6S2. The number of nitrogens with zero attached hydrogens (tertiary/aromatic N) is 2. The zero-order chi connectivity index (χ0) is 26.3. The third-order valence-corrected chi connectivity index (χ3v) is 8.21. The average Bonchev–Trinajstić information content (AvgIpc) is 3.52. The number of aliphatic imine (C=N–C) groups is 1. The van der Waals surface area contributed by atoms with Crippen LogP contribution in [-0.2, 0) is 14.8 Å². The van der Waals surface area contributed by atoms with Crippen LogP contribution in [0.1, 0.15) is 10.4 Å². The minimum absolute atomic E-state index is 0.0486. The summed E-state index contributed by atoms with van der Waals surface area (Å²) in [7, 11) is -4.10. The number of nitrogens with one attached hydrogen (secondary N) is 3. The molecule has 3 heterocycles. The Morgan fingerprint density at radius 2 is 1.97 bits per heavy atom. The van der Waals surface area contributed by atoms with Gasteiger partial charge < -0.3 is 15.0 Å². The first-order chi connectivity index (χ1) is 17.6. The molecule has 0 bridgehead atoms. The highest BCUT2D eigenvalue weighted by Crippen LogP contribution is 2.21. The molecule has 2 aromatic heterocycles. The van der Waals surface area contributed by atoms with Crippen LogP contribution in [0.2, 0.25) is 0 Å². The average molecular weight is 544 g/mol. The molecule has 14 heteroatoms. The molecule has 0 saturated heterocycles. The molecule has 37 heavy (non-hydrogen) atoms. The normalized spacial score (nSPS) is 13.3. The minimum atomic E-state index is -4.10. The third kappa shape index (κ3) is 4.75. The van der Waals surface area contributed by atoms with E-state index in [1.165, 1.54) is 18.2 Å². The van der Waals surface area contributed by atoms with Gasteiger partial charge in [-0.3, -0.25) is 4.79 Å². The Hall–Kier alpha value is -4.30. The predicted molar refractivity (Wildman–Crippen MR) is 136 cm³/mol. The van der Waals surface area contributed by atoms with Crippen LogP contribution in [0.5, 0.6) is 0 Å². The van der Waals surface area contributed by atoms with E-state index in [-0.39, 0.29) is 26.5 Å². The standard InChI is InChI=1S/C23H18FN5O6S2/c1-12-2-7-19(36-12)37(33,34)28-22(31)26-14-4-6-18(16(24)11-14)29-21(30)15-5-3-13(20-25-8-9-35-20)10-17(15)27-23(29)32/h2-7,10-11H,8-9H2,1H3,(H,27,32)(H2,26,28,31). The lowest BCUT2D eigenvalue weighted by molar-refractivity contribution is 0.256. The van der Waals surface area contributed by atoms with Crippen molar-refractivity contribution in [2.75, 3.05) is 18.5 Å². The number of sulfonamides is 1. The van der Waals surface area contributed by atoms with Crippen LogP contribution in [0.4, 0.5) is 14.9 Å². The summed E-state index contributed by atoms with van der Waals surface area (Å²) >= 11 is 0.988. The van der Waals surface area contributed by atoms with Gasteiger partial charge in [-0.1, -0.05) is 0 Å². The van der Waals surface area contributed by atoms with Gasteiger partial charge in [0.25, 0.3) is 15.6 Å². The number of halogens is 1. The van der Waals surface area contributed by atoms with Gasteiger partial charge in [0.2, 0.25) is 5.90 Å². The Balaban J connectivity index is 1.41. The first kappa shape index (κ1) is 24.4. The SMILES string of the molecule is Cc1ccc(S(=O)(=O)NC(=O)Nc2ccc(-n3c(=O)[nH]c4cc(C5=NCCO5)ccc4c3=O)c(F)c2)s1. The van der Waals surface area contributed by atoms with Gasteiger partial charge in [0.1, 0.15) is 16.6 Å². The smallest absolute Gasteiger partial charge is 0.333 e. The molecule has 2 aromatic carbocycles. The molecule has 4 aromatic rings. The summed E-state index contributed by atoms with van der Waals surface area (Å²) in [6.45, 7) is 2.68. The van der Waals surface area contributed by atoms with E-state index in [1.807, 2.05) is 4.72 Å². The summed E-state index contributed by atoms with van der Waals surface area (Å²) in [4.78, 5) is 45.5. The molecule has 0 saturated carbocycles. The molecule has 3 N–H and O–H groups in total. The maximum absolute atomic E-state index is 15.0. The van der Waals surface area contributed by atoms with E-state index in [2.05, 4.69) is 15.3 Å². The van der Waals surface area contributed by atoms with E-state index in [0.29, 0.717) is 29.2 Å². The molecular weight excluding hydrogens is 525 g/mol. The van der Waals surface area contributed by atoms with Crippen LogP contribution >= 0.6 is 11.3 Å². The predicted octanol–water partition coefficient (Wildman–Crippen LogP) is 2.48. The Kier molecular flexibility index (Phi) is 6.13. The van der Waals surface area contributed by atoms with Crippen molar-refractivity contribution in [2.45, 2.75) is 11.1 Å². The van der Waals surface area contributed by atoms with Crippen LogP contribution in [-0.4, -0.2) is 43.0 Å². The summed E-state index contributed by atoms with van der Waals surface area (Å²) in [5, 5.41) is 2.36. The van der Waals surface area contributed by atoms with Crippen LogP contribution in [0.15, 0.2) is 67.3 Å². The Labute approximate surface area is 212 Å². The fraction of sp³-hybridized carbons (Fsp3) is 0.130. The number of aromatic amines is 1. The van der Waals surface area contributed by atoms with E-state index in [1.54, 1.807) is 25.1 Å². The number of anilines is 1. The van der Waals surface area contributed by atoms with Crippen molar-refractivity contribution in [3.05, 3.63) is 85.6 Å². The number of H-pyrrole nitrogens is 1. The van der Waals surface area contributed by atoms with Crippen molar-refractivity contribution in [2.24, 2.45) is 4.99 Å². The summed E-state index contributed by atoms with van der Waals surface area (Å²) < 4.78 is 47.4. The fourth-order valence-corrected chi connectivity index (χ4v) is 5.92. The number of carbonyl (C=O) groups is 1. The zero-order valence-corrected chi connectivity index (χ0v) is 20.7. The number of ether oxygens (including phenoxy) is 1. The number of aryl methyl sites for hydroxylation is 1. The Morgan fingerprint density at radius 3 is 2.65 bits per heavy atom. The van der Waals surface area contributed by atoms with Gasteiger partial charge in [0, 0.05) is 16.1 Å². The molecule has 5 rings (SSSR count). The molecule has 1 aliphatic rings. The lowest BCUT2D eigenvalue weighted by Gasteiger charge is -2.11. The van der Waals surface area contributed by atoms with Gasteiger partial charge in [-0.25, -0.2) is 36.7 Å². The summed E-state index contributed by atoms with van der Waals surface area (Å²) in [5.74, 6) is -0.588. The molecule has 0 aliphatic carbocycles. The van der Waals surface area contributed by atoms with Crippen LogP contribution < -0.4 is 21.3 Å². The molecule has 0 spiro atoms. The second-order valence-electron chi connectivity index (χ2n) is 7.96. The first-order valence-corrected chi connectivity index (χ1v) is 13.1. The number of thiophene rings is 1. The lowest BCUT2D eigenvalue weighted by Crippen LogP contribution is -2.35. The van der Waals surface area contributed by atoms with Crippen LogP contribution in [0, 0.1) is 12.7 Å². The number of hydrogen-bond donors (Lipinski definition) is 3. The largest absolute Gasteiger partial charge is 0.476 e. The molecule has 0 fully saturated rings. The number of amides is 2. The van der Waals surface area contributed by atoms with Crippen molar-refractivity contribution >= 4 is 49.9 Å². The number of fused-ring (bicyclic) bond motifs is 1. The molecule has 11 nitrogen and oxygen atoms in total. The van der Waals surface area contributed by atoms with Gasteiger partial charge in [0.15, 0.2) is 0 Å². The number of benzene rings is 2. The summed E-state index contributed by atoms with van der Waals surface area (Å²) in [5.41, 5.74) is -1.25. The van der Waals surface area contributed by atoms with Crippen molar-refractivity contribution in [1.29, 1.82) is 0 Å². The van der Waals surface area contributed by atoms with E-state index in [0.717, 1.165) is 28.3 Å². The Bertz CT molecular complexity index is 1820. The van der Waals surface area contributed by atoms with E-state index < -0.39 is 33.1 Å². The summed E-state index contributed by atoms with van der Waals surface area (Å²) in [6, 6.07) is 9.73. The third-order valence-electron chi connectivity index (χ3n) is 5.38. The highest BCUT2D eigenvalue weighted by atomic mass is 32.2. The van der Waals surface area contributed by atoms with Crippen molar-refractivity contribution in [3.63, 3.8) is 0 Å². The highest BCUT2D eigenvalue weighted by molar-refractivity contribution is 7.92. The van der Waals surface area contributed by atoms with E-state index in [4.69, 9.17) is 4.74 Å². The molecule has 190 valence electrons. The second-order valence-corrected chi connectivity index (χ2v) is 11.2. The van der Waals surface area contributed by atoms with Crippen molar-refractivity contribution in [3.8, 4) is 5.69 Å². The highest BCUT2D eigenvalue weighted by Gasteiger charge is 2.20. The fourth-order valence-electron chi connectivity index (χ4n) is 3.73. The quantitative estimate of drug-likeness (QED) is 0.352. The topological polar surface area (TPSA) is 152 Å². The molecule has 1 aliphatic heterocycles. The number of rotatable bonds is 5. The van der Waals surface area contributed by atoms with Gasteiger partial charge in [-0.05, 0) is 55.5 Å². The molecule has 0 unspecified atom stereocenters. The zero-order valence-electron chi connectivity index (χ0n) is 19.1. The van der Waals surface area contributed by atoms with E-state index >= 15 is 0 Å². The monoisotopic (exact) mass is 543 g/mol. The number of aromatic nitrogens is 2. The Morgan fingerprint density at radius 1 is 1.16 bits per heavy atom. The molecule has 0 radical (unpaired) electrons. The number of hydrogen-bond acceptors (Lipinski definition) is 8. The van der Waals surface area contributed by atoms with Crippen LogP contribution in [0.25, 0.3) is 16.6 Å². The maximum Gasteiger partial charge on any atom is 0.333 e. The van der Waals surface area contributed by atoms with Crippen molar-refractivity contribution < 1.29 is 22.3 Å². The van der Waals surface area contributed by atoms with Crippen LogP contribution in [0.3, 0.4) is 0 Å². The van der Waals surface area contributed by atoms with Gasteiger partial charge in [0.05, 0.1) is 23.1 Å². The van der Waals surface area contributed by atoms with Crippen molar-refractivity contribution in [1.82, 2.24) is 14.3 Å². The first-order valence-electron chi connectivity index (χ1n) is 10.8. The number of carbonyl (C=O) groups excluding carboxylic acids is 1. The van der Waals surface area contributed by atoms with Gasteiger partial charge in [-0.15, -0.1) is 11.3 Å². The second kappa shape index (κ2) is 9.29. The number of urea groups is 1. The minimum Gasteiger partial charge on any atom is -0.476 e. The maximum atomic E-state index is 15.0. The van der Waals surface area contributed by atoms with Gasteiger partial charge in [-0.2, -0.15) is 0 Å². The molecule has 0 atom stereocenters. The summed E-state index contributed by atoms with van der Waals surface area (Å²) in [6.07, 6.45) is 0. The molecule has 2 amide bonds.